The summed E-state index contributed by atoms with van der Waals surface area (Å²) in [6.45, 7) is 3.83. The van der Waals surface area contributed by atoms with Crippen LogP contribution in [0.25, 0.3) is 10.8 Å². The maximum Gasteiger partial charge on any atom is 0.127 e. The first kappa shape index (κ1) is 17.0. The van der Waals surface area contributed by atoms with Crippen molar-refractivity contribution >= 4 is 10.8 Å². The Morgan fingerprint density at radius 2 is 1.81 bits per heavy atom. The molecule has 0 aliphatic carbocycles. The van der Waals surface area contributed by atoms with Crippen molar-refractivity contribution in [2.75, 3.05) is 32.8 Å². The van der Waals surface area contributed by atoms with Crippen LogP contribution in [0.2, 0.25) is 0 Å². The Hall–Kier alpha value is -2.43. The lowest BCUT2D eigenvalue weighted by molar-refractivity contribution is -0.0329. The smallest absolute Gasteiger partial charge is 0.127 e. The van der Waals surface area contributed by atoms with Gasteiger partial charge in [0.1, 0.15) is 18.2 Å². The van der Waals surface area contributed by atoms with E-state index in [4.69, 9.17) is 9.47 Å². The molecule has 26 heavy (non-hydrogen) atoms. The number of fused-ring (bicyclic) bond motifs is 1. The Bertz CT molecular complexity index is 860. The second kappa shape index (κ2) is 7.85. The third kappa shape index (κ3) is 3.87. The van der Waals surface area contributed by atoms with Gasteiger partial charge in [-0.25, -0.2) is 4.39 Å². The molecule has 4 rings (SSSR count). The quantitative estimate of drug-likeness (QED) is 0.679. The molecule has 1 aliphatic rings. The Morgan fingerprint density at radius 3 is 2.69 bits per heavy atom. The van der Waals surface area contributed by atoms with Gasteiger partial charge in [0.25, 0.3) is 0 Å². The molecule has 0 amide bonds. The summed E-state index contributed by atoms with van der Waals surface area (Å²) in [5.41, 5.74) is 1.02. The van der Waals surface area contributed by atoms with Crippen LogP contribution in [0.3, 0.4) is 0 Å². The van der Waals surface area contributed by atoms with E-state index in [1.807, 2.05) is 24.3 Å². The van der Waals surface area contributed by atoms with Crippen molar-refractivity contribution in [3.05, 3.63) is 78.1 Å². The van der Waals surface area contributed by atoms with Crippen LogP contribution in [0.1, 0.15) is 11.7 Å². The Kier molecular flexibility index (Phi) is 5.14. The summed E-state index contributed by atoms with van der Waals surface area (Å²) < 4.78 is 25.0. The fraction of sp³-hybridized carbons (Fsp3) is 0.273. The van der Waals surface area contributed by atoms with Gasteiger partial charge in [-0.15, -0.1) is 0 Å². The van der Waals surface area contributed by atoms with Gasteiger partial charge in [-0.2, -0.15) is 0 Å². The molecule has 0 spiro atoms. The third-order valence-electron chi connectivity index (χ3n) is 4.81. The summed E-state index contributed by atoms with van der Waals surface area (Å²) >= 11 is 0. The summed E-state index contributed by atoms with van der Waals surface area (Å²) in [6.07, 6.45) is -0.0121. The first-order chi connectivity index (χ1) is 12.8. The molecule has 1 aliphatic heterocycles. The van der Waals surface area contributed by atoms with Gasteiger partial charge >= 0.3 is 0 Å². The minimum Gasteiger partial charge on any atom is -0.492 e. The molecule has 3 nitrogen and oxygen atoms in total. The standard InChI is InChI=1S/C22H22FNO2/c23-19-10-8-18(9-11-19)22-16-24(13-15-26-22)12-14-25-21-7-3-5-17-4-1-2-6-20(17)21/h1-11,22H,12-16H2/t22-/m0/s1. The van der Waals surface area contributed by atoms with Crippen molar-refractivity contribution in [3.63, 3.8) is 0 Å². The van der Waals surface area contributed by atoms with Gasteiger partial charge < -0.3 is 9.47 Å². The van der Waals surface area contributed by atoms with Crippen LogP contribution in [-0.4, -0.2) is 37.7 Å². The topological polar surface area (TPSA) is 21.7 Å². The van der Waals surface area contributed by atoms with E-state index in [1.165, 1.54) is 17.5 Å². The number of nitrogens with zero attached hydrogens (tertiary/aromatic N) is 1. The fourth-order valence-electron chi connectivity index (χ4n) is 3.39. The predicted octanol–water partition coefficient (Wildman–Crippen LogP) is 4.43. The van der Waals surface area contributed by atoms with E-state index in [1.54, 1.807) is 12.1 Å². The molecular weight excluding hydrogens is 329 g/mol. The highest BCUT2D eigenvalue weighted by molar-refractivity contribution is 5.88. The number of ether oxygens (including phenoxy) is 2. The molecule has 1 atom stereocenters. The summed E-state index contributed by atoms with van der Waals surface area (Å²) in [5.74, 6) is 0.705. The second-order valence-corrected chi connectivity index (χ2v) is 6.54. The van der Waals surface area contributed by atoms with Crippen LogP contribution in [0.4, 0.5) is 4.39 Å². The molecule has 1 heterocycles. The van der Waals surface area contributed by atoms with Gasteiger partial charge in [-0.05, 0) is 29.1 Å². The minimum atomic E-state index is -0.218. The summed E-state index contributed by atoms with van der Waals surface area (Å²) in [5, 5.41) is 2.33. The van der Waals surface area contributed by atoms with Crippen LogP contribution in [0.5, 0.6) is 5.75 Å². The Morgan fingerprint density at radius 1 is 1.00 bits per heavy atom. The molecule has 134 valence electrons. The van der Waals surface area contributed by atoms with E-state index in [9.17, 15) is 4.39 Å². The summed E-state index contributed by atoms with van der Waals surface area (Å²) in [7, 11) is 0. The zero-order chi connectivity index (χ0) is 17.8. The van der Waals surface area contributed by atoms with E-state index in [0.29, 0.717) is 13.2 Å². The van der Waals surface area contributed by atoms with Crippen LogP contribution in [0, 0.1) is 5.82 Å². The maximum absolute atomic E-state index is 13.1. The number of benzene rings is 3. The Labute approximate surface area is 153 Å². The largest absolute Gasteiger partial charge is 0.492 e. The van der Waals surface area contributed by atoms with Crippen molar-refractivity contribution in [2.45, 2.75) is 6.10 Å². The zero-order valence-electron chi connectivity index (χ0n) is 14.6. The number of morpholine rings is 1. The van der Waals surface area contributed by atoms with E-state index in [-0.39, 0.29) is 11.9 Å². The predicted molar refractivity (Wildman–Crippen MR) is 101 cm³/mol. The molecule has 3 aromatic rings. The second-order valence-electron chi connectivity index (χ2n) is 6.54. The highest BCUT2D eigenvalue weighted by Crippen LogP contribution is 2.26. The molecule has 3 aromatic carbocycles. The van der Waals surface area contributed by atoms with Gasteiger partial charge in [0, 0.05) is 25.0 Å². The van der Waals surface area contributed by atoms with Crippen LogP contribution in [-0.2, 0) is 4.74 Å². The minimum absolute atomic E-state index is 0.0121. The van der Waals surface area contributed by atoms with E-state index in [0.717, 1.165) is 36.3 Å². The van der Waals surface area contributed by atoms with Crippen LogP contribution in [0.15, 0.2) is 66.7 Å². The normalized spacial score (nSPS) is 18.1. The average Bonchev–Trinajstić information content (AvgIpc) is 2.69. The SMILES string of the molecule is Fc1ccc([C@@H]2CN(CCOc3cccc4ccccc34)CCO2)cc1. The lowest BCUT2D eigenvalue weighted by Gasteiger charge is -2.33. The molecular formula is C22H22FNO2. The monoisotopic (exact) mass is 351 g/mol. The number of rotatable bonds is 5. The van der Waals surface area contributed by atoms with Crippen molar-refractivity contribution in [1.82, 2.24) is 4.90 Å². The zero-order valence-corrected chi connectivity index (χ0v) is 14.6. The molecule has 1 saturated heterocycles. The molecule has 0 radical (unpaired) electrons. The van der Waals surface area contributed by atoms with Crippen molar-refractivity contribution in [2.24, 2.45) is 0 Å². The fourth-order valence-corrected chi connectivity index (χ4v) is 3.39. The summed E-state index contributed by atoms with van der Waals surface area (Å²) in [4.78, 5) is 2.34. The summed E-state index contributed by atoms with van der Waals surface area (Å²) in [6, 6.07) is 21.0. The first-order valence-corrected chi connectivity index (χ1v) is 8.99. The highest BCUT2D eigenvalue weighted by atomic mass is 19.1. The lowest BCUT2D eigenvalue weighted by atomic mass is 10.1. The van der Waals surface area contributed by atoms with Gasteiger partial charge in [-0.1, -0.05) is 48.5 Å². The first-order valence-electron chi connectivity index (χ1n) is 8.99. The molecule has 0 unspecified atom stereocenters. The van der Waals surface area contributed by atoms with E-state index >= 15 is 0 Å². The Balaban J connectivity index is 1.35. The molecule has 0 bridgehead atoms. The van der Waals surface area contributed by atoms with Gasteiger partial charge in [-0.3, -0.25) is 4.90 Å². The van der Waals surface area contributed by atoms with Crippen molar-refractivity contribution in [3.8, 4) is 5.75 Å². The molecule has 0 N–H and O–H groups in total. The van der Waals surface area contributed by atoms with Gasteiger partial charge in [0.15, 0.2) is 0 Å². The molecule has 0 saturated carbocycles. The van der Waals surface area contributed by atoms with Crippen LogP contribution < -0.4 is 4.74 Å². The lowest BCUT2D eigenvalue weighted by Crippen LogP contribution is -2.40. The number of hydrogen-bond acceptors (Lipinski definition) is 3. The molecule has 4 heteroatoms. The maximum atomic E-state index is 13.1. The van der Waals surface area contributed by atoms with Crippen molar-refractivity contribution < 1.29 is 13.9 Å². The molecule has 1 fully saturated rings. The van der Waals surface area contributed by atoms with Gasteiger partial charge in [0.05, 0.1) is 12.7 Å². The highest BCUT2D eigenvalue weighted by Gasteiger charge is 2.21. The van der Waals surface area contributed by atoms with E-state index in [2.05, 4.69) is 23.1 Å². The number of halogens is 1. The van der Waals surface area contributed by atoms with Crippen molar-refractivity contribution in [1.29, 1.82) is 0 Å². The third-order valence-corrected chi connectivity index (χ3v) is 4.81. The van der Waals surface area contributed by atoms with Gasteiger partial charge in [0.2, 0.25) is 0 Å². The average molecular weight is 351 g/mol. The number of hydrogen-bond donors (Lipinski definition) is 0. The van der Waals surface area contributed by atoms with Crippen LogP contribution >= 0.6 is 0 Å². The molecule has 0 aromatic heterocycles. The van der Waals surface area contributed by atoms with E-state index < -0.39 is 0 Å².